The Morgan fingerprint density at radius 3 is 2.30 bits per heavy atom. The Labute approximate surface area is 182 Å². The number of nitrogens with one attached hydrogen (secondary N) is 1. The standard InChI is InChI=1S/C12H20FN2O15P3/c1-2-4-11(19)8(17)12(13,28-9(11)15-5-3-7(16)14-10(15)18)6-27-32(23,24)30-33(25,26)29-31(20,21)22/h3,5,8-9,17,19H,2,4,6H2,1H3,(H,23,24)(H,25,26)(H,14,16,18)(H2,20,21,22). The van der Waals surface area contributed by atoms with Crippen molar-refractivity contribution in [3.05, 3.63) is 33.1 Å². The largest absolute Gasteiger partial charge is 0.490 e. The number of aromatic amines is 1. The van der Waals surface area contributed by atoms with Gasteiger partial charge in [-0.1, -0.05) is 13.3 Å². The van der Waals surface area contributed by atoms with Crippen LogP contribution in [0.3, 0.4) is 0 Å². The first-order chi connectivity index (χ1) is 14.8. The van der Waals surface area contributed by atoms with Crippen molar-refractivity contribution in [1.29, 1.82) is 0 Å². The molecular weight excluding hydrogens is 524 g/mol. The maximum atomic E-state index is 15.4. The van der Waals surface area contributed by atoms with Crippen LogP contribution in [0, 0.1) is 0 Å². The summed E-state index contributed by atoms with van der Waals surface area (Å²) in [6, 6.07) is 0.827. The van der Waals surface area contributed by atoms with Crippen LogP contribution in [0.4, 0.5) is 4.39 Å². The van der Waals surface area contributed by atoms with Crippen LogP contribution in [0.25, 0.3) is 0 Å². The van der Waals surface area contributed by atoms with Gasteiger partial charge in [-0.25, -0.2) is 22.9 Å². The molecule has 17 nitrogen and oxygen atoms in total. The molecule has 0 saturated carbocycles. The van der Waals surface area contributed by atoms with Gasteiger partial charge < -0.3 is 34.5 Å². The molecule has 0 radical (unpaired) electrons. The number of hydrogen-bond donors (Lipinski definition) is 7. The van der Waals surface area contributed by atoms with E-state index in [1.165, 1.54) is 6.92 Å². The van der Waals surface area contributed by atoms with Gasteiger partial charge in [0.1, 0.15) is 18.3 Å². The van der Waals surface area contributed by atoms with Gasteiger partial charge in [0, 0.05) is 12.3 Å². The van der Waals surface area contributed by atoms with E-state index in [0.29, 0.717) is 4.57 Å². The second kappa shape index (κ2) is 9.51. The number of ether oxygens (including phenoxy) is 1. The SMILES string of the molecule is CCCC1(O)C(n2ccc(=O)[nH]c2=O)OC(F)(COP(=O)(O)OP(=O)(O)OP(=O)(O)O)C1O. The zero-order valence-electron chi connectivity index (χ0n) is 16.5. The third kappa shape index (κ3) is 6.74. The minimum Gasteiger partial charge on any atom is -0.384 e. The van der Waals surface area contributed by atoms with Crippen molar-refractivity contribution in [1.82, 2.24) is 9.55 Å². The van der Waals surface area contributed by atoms with E-state index in [-0.39, 0.29) is 12.8 Å². The summed E-state index contributed by atoms with van der Waals surface area (Å²) in [5.41, 5.74) is -4.54. The number of nitrogens with zero attached hydrogens (tertiary/aromatic N) is 1. The van der Waals surface area contributed by atoms with Gasteiger partial charge in [0.25, 0.3) is 11.4 Å². The van der Waals surface area contributed by atoms with Crippen molar-refractivity contribution in [3.63, 3.8) is 0 Å². The summed E-state index contributed by atoms with van der Waals surface area (Å²) < 4.78 is 65.7. The van der Waals surface area contributed by atoms with Crippen LogP contribution in [0.5, 0.6) is 0 Å². The second-order valence-corrected chi connectivity index (χ2v) is 11.2. The molecule has 0 aromatic carbocycles. The van der Waals surface area contributed by atoms with E-state index in [4.69, 9.17) is 19.4 Å². The van der Waals surface area contributed by atoms with Gasteiger partial charge in [0.2, 0.25) is 0 Å². The Morgan fingerprint density at radius 2 is 1.79 bits per heavy atom. The number of phosphoric acid groups is 3. The Bertz CT molecular complexity index is 1130. The summed E-state index contributed by atoms with van der Waals surface area (Å²) in [5, 5.41) is 21.3. The monoisotopic (exact) mass is 544 g/mol. The number of phosphoric ester groups is 1. The van der Waals surface area contributed by atoms with Crippen LogP contribution in [-0.2, 0) is 31.6 Å². The van der Waals surface area contributed by atoms with Gasteiger partial charge in [-0.05, 0) is 6.42 Å². The third-order valence-corrected chi connectivity index (χ3v) is 7.99. The highest BCUT2D eigenvalue weighted by Gasteiger charge is 2.65. The quantitative estimate of drug-likeness (QED) is 0.174. The number of aliphatic hydroxyl groups is 2. The molecule has 190 valence electrons. The number of H-pyrrole nitrogens is 1. The molecule has 21 heteroatoms. The highest BCUT2D eigenvalue weighted by atomic mass is 31.3. The molecule has 0 spiro atoms. The number of alkyl halides is 1. The number of halogens is 1. The van der Waals surface area contributed by atoms with Crippen LogP contribution in [0.1, 0.15) is 26.0 Å². The maximum Gasteiger partial charge on any atom is 0.490 e. The van der Waals surface area contributed by atoms with Crippen molar-refractivity contribution in [3.8, 4) is 0 Å². The summed E-state index contributed by atoms with van der Waals surface area (Å²) in [4.78, 5) is 60.7. The molecule has 0 aliphatic carbocycles. The Balaban J connectivity index is 2.30. The fraction of sp³-hybridized carbons (Fsp3) is 0.667. The first-order valence-corrected chi connectivity index (χ1v) is 13.2. The number of aliphatic hydroxyl groups excluding tert-OH is 1. The summed E-state index contributed by atoms with van der Waals surface area (Å²) in [6.07, 6.45) is -3.97. The van der Waals surface area contributed by atoms with Gasteiger partial charge in [-0.3, -0.25) is 18.9 Å². The molecule has 1 aromatic rings. The van der Waals surface area contributed by atoms with Gasteiger partial charge in [0.05, 0.1) is 0 Å². The predicted molar refractivity (Wildman–Crippen MR) is 101 cm³/mol. The lowest BCUT2D eigenvalue weighted by atomic mass is 9.88. The summed E-state index contributed by atoms with van der Waals surface area (Å²) in [5.74, 6) is -3.53. The molecular formula is C12H20FN2O15P3. The lowest BCUT2D eigenvalue weighted by Crippen LogP contribution is -2.51. The molecule has 0 bridgehead atoms. The van der Waals surface area contributed by atoms with E-state index >= 15 is 4.39 Å². The summed E-state index contributed by atoms with van der Waals surface area (Å²) >= 11 is 0. The molecule has 2 rings (SSSR count). The summed E-state index contributed by atoms with van der Waals surface area (Å²) in [7, 11) is -17.4. The third-order valence-electron chi connectivity index (χ3n) is 4.21. The first kappa shape index (κ1) is 28.1. The fourth-order valence-electron chi connectivity index (χ4n) is 3.02. The molecule has 1 aromatic heterocycles. The highest BCUT2D eigenvalue weighted by molar-refractivity contribution is 7.66. The van der Waals surface area contributed by atoms with Crippen molar-refractivity contribution >= 4 is 23.5 Å². The van der Waals surface area contributed by atoms with Gasteiger partial charge in [-0.15, -0.1) is 0 Å². The van der Waals surface area contributed by atoms with E-state index in [1.807, 2.05) is 4.98 Å². The van der Waals surface area contributed by atoms with Crippen molar-refractivity contribution < 1.29 is 65.8 Å². The zero-order chi connectivity index (χ0) is 25.5. The molecule has 1 saturated heterocycles. The van der Waals surface area contributed by atoms with E-state index in [2.05, 4.69) is 13.1 Å². The average molecular weight is 544 g/mol. The fourth-order valence-corrected chi connectivity index (χ4v) is 6.05. The lowest BCUT2D eigenvalue weighted by molar-refractivity contribution is -0.205. The number of hydrogen-bond acceptors (Lipinski definition) is 11. The molecule has 1 fully saturated rings. The van der Waals surface area contributed by atoms with Crippen LogP contribution in [0.2, 0.25) is 0 Å². The molecule has 1 aliphatic heterocycles. The van der Waals surface area contributed by atoms with Crippen LogP contribution in [-0.4, -0.2) is 63.5 Å². The maximum absolute atomic E-state index is 15.4. The second-order valence-electron chi connectivity index (χ2n) is 6.78. The Kier molecular flexibility index (Phi) is 8.11. The smallest absolute Gasteiger partial charge is 0.384 e. The lowest BCUT2D eigenvalue weighted by Gasteiger charge is -2.31. The molecule has 0 amide bonds. The van der Waals surface area contributed by atoms with Gasteiger partial charge in [0.15, 0.2) is 6.23 Å². The number of aromatic nitrogens is 2. The normalized spacial score (nSPS) is 31.8. The minimum absolute atomic E-state index is 0.109. The number of rotatable bonds is 10. The van der Waals surface area contributed by atoms with Crippen molar-refractivity contribution in [2.24, 2.45) is 0 Å². The van der Waals surface area contributed by atoms with Gasteiger partial charge in [-0.2, -0.15) is 8.62 Å². The molecule has 6 atom stereocenters. The van der Waals surface area contributed by atoms with E-state index in [9.17, 15) is 38.4 Å². The Hall–Kier alpha value is -1.10. The molecule has 1 aliphatic rings. The van der Waals surface area contributed by atoms with Crippen molar-refractivity contribution in [2.75, 3.05) is 6.61 Å². The summed E-state index contributed by atoms with van der Waals surface area (Å²) in [6.45, 7) is -0.236. The van der Waals surface area contributed by atoms with E-state index in [1.54, 1.807) is 0 Å². The van der Waals surface area contributed by atoms with Crippen LogP contribution < -0.4 is 11.2 Å². The van der Waals surface area contributed by atoms with Crippen LogP contribution >= 0.6 is 23.5 Å². The molecule has 33 heavy (non-hydrogen) atoms. The first-order valence-electron chi connectivity index (χ1n) is 8.71. The topological polar surface area (TPSA) is 264 Å². The molecule has 7 N–H and O–H groups in total. The van der Waals surface area contributed by atoms with E-state index in [0.717, 1.165) is 12.3 Å². The average Bonchev–Trinajstić information content (AvgIpc) is 2.80. The zero-order valence-corrected chi connectivity index (χ0v) is 19.1. The van der Waals surface area contributed by atoms with E-state index < -0.39 is 65.1 Å². The Morgan fingerprint density at radius 1 is 1.18 bits per heavy atom. The molecule has 6 unspecified atom stereocenters. The molecule has 2 heterocycles. The van der Waals surface area contributed by atoms with Crippen molar-refractivity contribution in [2.45, 2.75) is 43.6 Å². The minimum atomic E-state index is -5.90. The van der Waals surface area contributed by atoms with Crippen LogP contribution in [0.15, 0.2) is 21.9 Å². The predicted octanol–water partition coefficient (Wildman–Crippen LogP) is -1.03. The van der Waals surface area contributed by atoms with Gasteiger partial charge >= 0.3 is 29.2 Å². The highest BCUT2D eigenvalue weighted by Crippen LogP contribution is 2.66.